The summed E-state index contributed by atoms with van der Waals surface area (Å²) in [5, 5.41) is 8.82. The third-order valence-electron chi connectivity index (χ3n) is 6.24. The van der Waals surface area contributed by atoms with Crippen molar-refractivity contribution in [3.8, 4) is 0 Å². The first kappa shape index (κ1) is 30.7. The van der Waals surface area contributed by atoms with Gasteiger partial charge in [0, 0.05) is 25.2 Å². The zero-order chi connectivity index (χ0) is 23.7. The van der Waals surface area contributed by atoms with Crippen molar-refractivity contribution in [2.75, 3.05) is 13.1 Å². The maximum atomic E-state index is 12.4. The Hall–Kier alpha value is -1.32. The molecule has 4 nitrogen and oxygen atoms in total. The Morgan fingerprint density at radius 2 is 0.844 bits per heavy atom. The van der Waals surface area contributed by atoms with Gasteiger partial charge in [-0.15, -0.1) is 0 Å². The molecule has 0 atom stereocenters. The van der Waals surface area contributed by atoms with Crippen molar-refractivity contribution in [2.45, 2.75) is 142 Å². The van der Waals surface area contributed by atoms with Gasteiger partial charge in [-0.3, -0.25) is 4.79 Å². The van der Waals surface area contributed by atoms with Crippen LogP contribution in [0.1, 0.15) is 142 Å². The third kappa shape index (κ3) is 21.9. The molecule has 0 bridgehead atoms. The summed E-state index contributed by atoms with van der Waals surface area (Å²) in [5.74, 6) is -1.21. The quantitative estimate of drug-likeness (QED) is 0.119. The second-order valence-corrected chi connectivity index (χ2v) is 9.36. The zero-order valence-corrected chi connectivity index (χ0v) is 21.4. The molecule has 0 radical (unpaired) electrons. The van der Waals surface area contributed by atoms with Gasteiger partial charge in [0.2, 0.25) is 5.91 Å². The van der Waals surface area contributed by atoms with Crippen molar-refractivity contribution >= 4 is 11.9 Å². The summed E-state index contributed by atoms with van der Waals surface area (Å²) in [6.07, 6.45) is 27.7. The Kier molecular flexibility index (Phi) is 23.3. The van der Waals surface area contributed by atoms with E-state index in [0.717, 1.165) is 44.8 Å². The second kappa shape index (κ2) is 24.3. The lowest BCUT2D eigenvalue weighted by Gasteiger charge is -2.21. The van der Waals surface area contributed by atoms with Crippen molar-refractivity contribution < 1.29 is 14.7 Å². The van der Waals surface area contributed by atoms with Crippen molar-refractivity contribution in [3.63, 3.8) is 0 Å². The highest BCUT2D eigenvalue weighted by molar-refractivity contribution is 5.93. The molecule has 0 rings (SSSR count). The van der Waals surface area contributed by atoms with E-state index in [-0.39, 0.29) is 5.91 Å². The fraction of sp³-hybridized carbons (Fsp3) is 0.857. The molecule has 0 unspecified atom stereocenters. The van der Waals surface area contributed by atoms with E-state index < -0.39 is 5.97 Å². The molecule has 4 heteroatoms. The van der Waals surface area contributed by atoms with Crippen molar-refractivity contribution in [1.82, 2.24) is 4.90 Å². The summed E-state index contributed by atoms with van der Waals surface area (Å²) in [6.45, 7) is 6.00. The number of aliphatic carboxylic acids is 1. The molecule has 0 saturated carbocycles. The number of unbranched alkanes of at least 4 members (excludes halogenated alkanes) is 18. The van der Waals surface area contributed by atoms with Gasteiger partial charge in [0.1, 0.15) is 0 Å². The number of carboxylic acid groups (broad SMARTS) is 1. The Morgan fingerprint density at radius 1 is 0.531 bits per heavy atom. The fourth-order valence-electron chi connectivity index (χ4n) is 4.16. The third-order valence-corrected chi connectivity index (χ3v) is 6.24. The maximum Gasteiger partial charge on any atom is 0.328 e. The predicted molar refractivity (Wildman–Crippen MR) is 137 cm³/mol. The Labute approximate surface area is 199 Å². The molecule has 0 saturated heterocycles. The van der Waals surface area contributed by atoms with Gasteiger partial charge in [0.25, 0.3) is 0 Å². The summed E-state index contributed by atoms with van der Waals surface area (Å²) in [4.78, 5) is 25.0. The molecule has 32 heavy (non-hydrogen) atoms. The van der Waals surface area contributed by atoms with E-state index in [2.05, 4.69) is 13.8 Å². The molecule has 0 fully saturated rings. The van der Waals surface area contributed by atoms with Crippen LogP contribution in [-0.4, -0.2) is 35.0 Å². The van der Waals surface area contributed by atoms with Crippen LogP contribution in [0, 0.1) is 0 Å². The van der Waals surface area contributed by atoms with Crippen LogP contribution in [-0.2, 0) is 9.59 Å². The summed E-state index contributed by atoms with van der Waals surface area (Å²) in [7, 11) is 0. The molecule has 188 valence electrons. The molecular formula is C28H53NO3. The van der Waals surface area contributed by atoms with Gasteiger partial charge < -0.3 is 10.0 Å². The van der Waals surface area contributed by atoms with Crippen LogP contribution >= 0.6 is 0 Å². The minimum atomic E-state index is -1.06. The molecule has 1 N–H and O–H groups in total. The number of carbonyl (C=O) groups excluding carboxylic acids is 1. The number of carboxylic acids is 1. The van der Waals surface area contributed by atoms with Crippen LogP contribution in [0.2, 0.25) is 0 Å². The van der Waals surface area contributed by atoms with Crippen LogP contribution in [0.4, 0.5) is 0 Å². The smallest absolute Gasteiger partial charge is 0.328 e. The van der Waals surface area contributed by atoms with Gasteiger partial charge in [0.05, 0.1) is 0 Å². The van der Waals surface area contributed by atoms with E-state index in [0.29, 0.717) is 0 Å². The van der Waals surface area contributed by atoms with E-state index in [4.69, 9.17) is 5.11 Å². The first-order chi connectivity index (χ1) is 15.6. The second-order valence-electron chi connectivity index (χ2n) is 9.36. The normalized spacial score (nSPS) is 11.3. The molecule has 0 aromatic heterocycles. The predicted octanol–water partition coefficient (Wildman–Crippen LogP) is 8.30. The fourth-order valence-corrected chi connectivity index (χ4v) is 4.16. The SMILES string of the molecule is CCCCCCCCCCCCN(CCCCCCCCCCCC)C(=O)/C=C\C(=O)O. The minimum Gasteiger partial charge on any atom is -0.478 e. The molecule has 0 aromatic carbocycles. The largest absolute Gasteiger partial charge is 0.478 e. The number of amides is 1. The monoisotopic (exact) mass is 451 g/mol. The van der Waals surface area contributed by atoms with Gasteiger partial charge in [-0.2, -0.15) is 0 Å². The lowest BCUT2D eigenvalue weighted by Crippen LogP contribution is -2.31. The molecule has 0 spiro atoms. The summed E-state index contributed by atoms with van der Waals surface area (Å²) < 4.78 is 0. The standard InChI is InChI=1S/C28H53NO3/c1-3-5-7-9-11-13-15-17-19-21-25-29(27(30)23-24-28(31)32)26-22-20-18-16-14-12-10-8-6-4-2/h23-24H,3-22,25-26H2,1-2H3,(H,31,32)/b24-23-. The molecule has 0 aliphatic heterocycles. The average Bonchev–Trinajstić information content (AvgIpc) is 2.78. The summed E-state index contributed by atoms with van der Waals surface area (Å²) in [6, 6.07) is 0. The first-order valence-corrected chi connectivity index (χ1v) is 13.8. The van der Waals surface area contributed by atoms with Crippen molar-refractivity contribution in [1.29, 1.82) is 0 Å². The molecule has 0 aliphatic rings. The van der Waals surface area contributed by atoms with E-state index in [1.807, 2.05) is 4.90 Å². The summed E-state index contributed by atoms with van der Waals surface area (Å²) >= 11 is 0. The van der Waals surface area contributed by atoms with Crippen molar-refractivity contribution in [3.05, 3.63) is 12.2 Å². The Morgan fingerprint density at radius 3 is 1.16 bits per heavy atom. The molecule has 0 aliphatic carbocycles. The van der Waals surface area contributed by atoms with E-state index in [1.54, 1.807) is 0 Å². The van der Waals surface area contributed by atoms with E-state index in [9.17, 15) is 9.59 Å². The molecular weight excluding hydrogens is 398 g/mol. The van der Waals surface area contributed by atoms with Gasteiger partial charge >= 0.3 is 5.97 Å². The topological polar surface area (TPSA) is 57.6 Å². The highest BCUT2D eigenvalue weighted by Crippen LogP contribution is 2.13. The Balaban J connectivity index is 3.96. The summed E-state index contributed by atoms with van der Waals surface area (Å²) in [5.41, 5.74) is 0. The minimum absolute atomic E-state index is 0.153. The molecule has 0 aromatic rings. The number of hydrogen-bond donors (Lipinski definition) is 1. The number of rotatable bonds is 24. The zero-order valence-electron chi connectivity index (χ0n) is 21.4. The van der Waals surface area contributed by atoms with Gasteiger partial charge in [-0.1, -0.05) is 129 Å². The van der Waals surface area contributed by atoms with Gasteiger partial charge in [-0.25, -0.2) is 4.79 Å². The Bertz CT molecular complexity index is 438. The van der Waals surface area contributed by atoms with Crippen LogP contribution in [0.3, 0.4) is 0 Å². The highest BCUT2D eigenvalue weighted by atomic mass is 16.4. The van der Waals surface area contributed by atoms with Gasteiger partial charge in [-0.05, 0) is 12.8 Å². The number of carbonyl (C=O) groups is 2. The van der Waals surface area contributed by atoms with E-state index >= 15 is 0 Å². The van der Waals surface area contributed by atoms with Crippen LogP contribution in [0.25, 0.3) is 0 Å². The lowest BCUT2D eigenvalue weighted by molar-refractivity contribution is -0.132. The molecule has 1 amide bonds. The lowest BCUT2D eigenvalue weighted by atomic mass is 10.1. The van der Waals surface area contributed by atoms with Crippen LogP contribution in [0.5, 0.6) is 0 Å². The molecule has 0 heterocycles. The average molecular weight is 452 g/mol. The maximum absolute atomic E-state index is 12.4. The number of hydrogen-bond acceptors (Lipinski definition) is 2. The highest BCUT2D eigenvalue weighted by Gasteiger charge is 2.10. The van der Waals surface area contributed by atoms with Gasteiger partial charge in [0.15, 0.2) is 0 Å². The van der Waals surface area contributed by atoms with Crippen molar-refractivity contribution in [2.24, 2.45) is 0 Å². The van der Waals surface area contributed by atoms with Crippen LogP contribution < -0.4 is 0 Å². The number of nitrogens with zero attached hydrogens (tertiary/aromatic N) is 1. The van der Waals surface area contributed by atoms with E-state index in [1.165, 1.54) is 109 Å². The van der Waals surface area contributed by atoms with Crippen LogP contribution in [0.15, 0.2) is 12.2 Å². The first-order valence-electron chi connectivity index (χ1n) is 13.8.